The van der Waals surface area contributed by atoms with Crippen LogP contribution in [0.3, 0.4) is 0 Å². The highest BCUT2D eigenvalue weighted by Gasteiger charge is 2.06. The van der Waals surface area contributed by atoms with Crippen LogP contribution < -0.4 is 4.74 Å². The second-order valence-corrected chi connectivity index (χ2v) is 6.81. The Bertz CT molecular complexity index is 850. The van der Waals surface area contributed by atoms with Crippen molar-refractivity contribution in [1.82, 2.24) is 0 Å². The van der Waals surface area contributed by atoms with Crippen LogP contribution in [0.4, 0.5) is 4.39 Å². The fraction of sp³-hybridized carbons (Fsp3) is 0.280. The van der Waals surface area contributed by atoms with Gasteiger partial charge in [-0.15, -0.1) is 0 Å². The molecule has 0 atom stereocenters. The molecule has 0 amide bonds. The van der Waals surface area contributed by atoms with Crippen molar-refractivity contribution in [2.24, 2.45) is 0 Å². The third kappa shape index (κ3) is 4.97. The van der Waals surface area contributed by atoms with Crippen molar-refractivity contribution in [3.63, 3.8) is 0 Å². The maximum Gasteiger partial charge on any atom is 0.165 e. The molecule has 0 spiro atoms. The fourth-order valence-electron chi connectivity index (χ4n) is 3.25. The van der Waals surface area contributed by atoms with Gasteiger partial charge in [0.2, 0.25) is 0 Å². The first-order chi connectivity index (χ1) is 13.2. The molecule has 3 aromatic rings. The molecule has 2 heteroatoms. The van der Waals surface area contributed by atoms with Crippen molar-refractivity contribution in [2.45, 2.75) is 39.5 Å². The van der Waals surface area contributed by atoms with E-state index in [1.807, 2.05) is 25.1 Å². The second-order valence-electron chi connectivity index (χ2n) is 6.81. The lowest BCUT2D eigenvalue weighted by molar-refractivity contribution is 0.321. The Morgan fingerprint density at radius 3 is 1.81 bits per heavy atom. The van der Waals surface area contributed by atoms with Gasteiger partial charge < -0.3 is 4.74 Å². The summed E-state index contributed by atoms with van der Waals surface area (Å²) in [5.74, 6) is -0.0195. The van der Waals surface area contributed by atoms with Crippen LogP contribution in [-0.2, 0) is 6.42 Å². The molecule has 1 nitrogen and oxygen atoms in total. The number of aryl methyl sites for hydroxylation is 1. The highest BCUT2D eigenvalue weighted by Crippen LogP contribution is 2.28. The Morgan fingerprint density at radius 2 is 1.26 bits per heavy atom. The zero-order valence-corrected chi connectivity index (χ0v) is 16.2. The van der Waals surface area contributed by atoms with Crippen molar-refractivity contribution in [3.8, 4) is 28.0 Å². The van der Waals surface area contributed by atoms with E-state index in [1.165, 1.54) is 42.0 Å². The molecular weight excluding hydrogens is 335 g/mol. The Hall–Kier alpha value is -2.61. The number of halogens is 1. The van der Waals surface area contributed by atoms with Crippen molar-refractivity contribution >= 4 is 0 Å². The quantitative estimate of drug-likeness (QED) is 0.382. The number of benzene rings is 3. The summed E-state index contributed by atoms with van der Waals surface area (Å²) in [6.07, 6.45) is 4.94. The van der Waals surface area contributed by atoms with Gasteiger partial charge in [-0.1, -0.05) is 74.4 Å². The minimum Gasteiger partial charge on any atom is -0.491 e. The molecule has 0 fully saturated rings. The van der Waals surface area contributed by atoms with Crippen molar-refractivity contribution < 1.29 is 9.13 Å². The number of unbranched alkanes of at least 4 members (excludes halogenated alkanes) is 2. The van der Waals surface area contributed by atoms with Crippen LogP contribution in [0.25, 0.3) is 22.3 Å². The summed E-state index contributed by atoms with van der Waals surface area (Å²) in [6.45, 7) is 4.54. The van der Waals surface area contributed by atoms with Gasteiger partial charge in [-0.2, -0.15) is 0 Å². The molecule has 0 radical (unpaired) electrons. The van der Waals surface area contributed by atoms with Crippen molar-refractivity contribution in [3.05, 3.63) is 78.1 Å². The minimum atomic E-state index is -0.322. The van der Waals surface area contributed by atoms with Gasteiger partial charge in [-0.3, -0.25) is 0 Å². The average Bonchev–Trinajstić information content (AvgIpc) is 2.71. The molecule has 3 aromatic carbocycles. The highest BCUT2D eigenvalue weighted by molar-refractivity contribution is 5.71. The van der Waals surface area contributed by atoms with Crippen LogP contribution >= 0.6 is 0 Å². The largest absolute Gasteiger partial charge is 0.491 e. The van der Waals surface area contributed by atoms with Gasteiger partial charge in [0.05, 0.1) is 6.61 Å². The Labute approximate surface area is 161 Å². The standard InChI is InChI=1S/C25H27FO/c1-3-5-6-7-19-8-10-20(11-9-19)21-12-14-22(15-13-21)23-16-17-25(27-4-2)24(26)18-23/h8-18H,3-7H2,1-2H3. The van der Waals surface area contributed by atoms with Gasteiger partial charge in [0, 0.05) is 0 Å². The maximum absolute atomic E-state index is 14.1. The normalized spacial score (nSPS) is 10.8. The molecule has 0 aromatic heterocycles. The van der Waals surface area contributed by atoms with Crippen LogP contribution in [-0.4, -0.2) is 6.61 Å². The molecule has 0 aliphatic heterocycles. The van der Waals surface area contributed by atoms with Gasteiger partial charge >= 0.3 is 0 Å². The molecule has 0 heterocycles. The lowest BCUT2D eigenvalue weighted by Crippen LogP contribution is -1.94. The molecule has 27 heavy (non-hydrogen) atoms. The van der Waals surface area contributed by atoms with Crippen LogP contribution in [0, 0.1) is 5.82 Å². The molecule has 0 aliphatic carbocycles. The molecule has 3 rings (SSSR count). The predicted octanol–water partition coefficient (Wildman–Crippen LogP) is 7.29. The SMILES string of the molecule is CCCCCc1ccc(-c2ccc(-c3ccc(OCC)c(F)c3)cc2)cc1. The molecule has 0 saturated carbocycles. The van der Waals surface area contributed by atoms with Gasteiger partial charge in [0.15, 0.2) is 11.6 Å². The molecule has 0 aliphatic rings. The Morgan fingerprint density at radius 1 is 0.704 bits per heavy atom. The number of rotatable bonds is 8. The summed E-state index contributed by atoms with van der Waals surface area (Å²) in [7, 11) is 0. The van der Waals surface area contributed by atoms with E-state index in [2.05, 4.69) is 43.3 Å². The first-order valence-corrected chi connectivity index (χ1v) is 9.83. The molecule has 0 saturated heterocycles. The number of hydrogen-bond acceptors (Lipinski definition) is 1. The van der Waals surface area contributed by atoms with Gasteiger partial charge in [0.25, 0.3) is 0 Å². The molecule has 0 bridgehead atoms. The van der Waals surface area contributed by atoms with E-state index in [4.69, 9.17) is 4.74 Å². The van der Waals surface area contributed by atoms with E-state index >= 15 is 0 Å². The summed E-state index contributed by atoms with van der Waals surface area (Å²) in [6, 6.07) is 22.2. The summed E-state index contributed by atoms with van der Waals surface area (Å²) in [5.41, 5.74) is 5.63. The zero-order valence-electron chi connectivity index (χ0n) is 16.2. The second kappa shape index (κ2) is 9.36. The van der Waals surface area contributed by atoms with E-state index in [9.17, 15) is 4.39 Å². The first-order valence-electron chi connectivity index (χ1n) is 9.83. The van der Waals surface area contributed by atoms with Gasteiger partial charge in [-0.05, 0) is 59.7 Å². The first kappa shape index (κ1) is 19.2. The Balaban J connectivity index is 1.72. The average molecular weight is 362 g/mol. The lowest BCUT2D eigenvalue weighted by Gasteiger charge is -2.09. The summed E-state index contributed by atoms with van der Waals surface area (Å²) in [4.78, 5) is 0. The lowest BCUT2D eigenvalue weighted by atomic mass is 9.98. The van der Waals surface area contributed by atoms with Crippen LogP contribution in [0.2, 0.25) is 0 Å². The zero-order chi connectivity index (χ0) is 19.1. The smallest absolute Gasteiger partial charge is 0.165 e. The summed E-state index contributed by atoms with van der Waals surface area (Å²) < 4.78 is 19.4. The third-order valence-corrected chi connectivity index (χ3v) is 4.81. The minimum absolute atomic E-state index is 0.303. The maximum atomic E-state index is 14.1. The van der Waals surface area contributed by atoms with E-state index < -0.39 is 0 Å². The Kier molecular flexibility index (Phi) is 6.64. The molecular formula is C25H27FO. The van der Waals surface area contributed by atoms with Crippen LogP contribution in [0.15, 0.2) is 66.7 Å². The van der Waals surface area contributed by atoms with E-state index in [-0.39, 0.29) is 5.82 Å². The third-order valence-electron chi connectivity index (χ3n) is 4.81. The summed E-state index contributed by atoms with van der Waals surface area (Å²) >= 11 is 0. The number of hydrogen-bond donors (Lipinski definition) is 0. The van der Waals surface area contributed by atoms with E-state index in [0.29, 0.717) is 12.4 Å². The number of ether oxygens (including phenoxy) is 1. The molecule has 0 N–H and O–H groups in total. The monoisotopic (exact) mass is 362 g/mol. The molecule has 0 unspecified atom stereocenters. The molecule has 140 valence electrons. The van der Waals surface area contributed by atoms with Crippen molar-refractivity contribution in [2.75, 3.05) is 6.61 Å². The van der Waals surface area contributed by atoms with Gasteiger partial charge in [-0.25, -0.2) is 4.39 Å². The predicted molar refractivity (Wildman–Crippen MR) is 112 cm³/mol. The fourth-order valence-corrected chi connectivity index (χ4v) is 3.25. The highest BCUT2D eigenvalue weighted by atomic mass is 19.1. The van der Waals surface area contributed by atoms with Crippen LogP contribution in [0.1, 0.15) is 38.7 Å². The van der Waals surface area contributed by atoms with E-state index in [0.717, 1.165) is 17.5 Å². The van der Waals surface area contributed by atoms with Gasteiger partial charge in [0.1, 0.15) is 0 Å². The van der Waals surface area contributed by atoms with Crippen molar-refractivity contribution in [1.29, 1.82) is 0 Å². The topological polar surface area (TPSA) is 9.23 Å². The van der Waals surface area contributed by atoms with E-state index in [1.54, 1.807) is 6.07 Å². The summed E-state index contributed by atoms with van der Waals surface area (Å²) in [5, 5.41) is 0. The van der Waals surface area contributed by atoms with Crippen LogP contribution in [0.5, 0.6) is 5.75 Å².